The zero-order valence-electron chi connectivity index (χ0n) is 13.3. The molecule has 0 atom stereocenters. The Bertz CT molecular complexity index is 574. The zero-order chi connectivity index (χ0) is 16.0. The van der Waals surface area contributed by atoms with Gasteiger partial charge in [-0.15, -0.1) is 0 Å². The average Bonchev–Trinajstić information content (AvgIpc) is 2.38. The van der Waals surface area contributed by atoms with E-state index in [9.17, 15) is 4.79 Å². The second kappa shape index (κ2) is 6.94. The van der Waals surface area contributed by atoms with Crippen LogP contribution in [-0.2, 0) is 10.2 Å². The molecule has 1 rings (SSSR count). The number of nitrogens with one attached hydrogen (secondary N) is 2. The van der Waals surface area contributed by atoms with Gasteiger partial charge in [0.15, 0.2) is 0 Å². The maximum absolute atomic E-state index is 11.8. The van der Waals surface area contributed by atoms with E-state index < -0.39 is 0 Å². The van der Waals surface area contributed by atoms with E-state index in [1.165, 1.54) is 6.20 Å². The van der Waals surface area contributed by atoms with E-state index >= 15 is 0 Å². The molecule has 0 bridgehead atoms. The Balaban J connectivity index is 2.99. The predicted octanol–water partition coefficient (Wildman–Crippen LogP) is 3.33. The molecule has 0 spiro atoms. The normalized spacial score (nSPS) is 12.0. The third kappa shape index (κ3) is 4.96. The van der Waals surface area contributed by atoms with Crippen LogP contribution in [0.4, 0.5) is 5.69 Å². The molecule has 0 aromatic heterocycles. The minimum absolute atomic E-state index is 0.00360. The van der Waals surface area contributed by atoms with Gasteiger partial charge in [-0.3, -0.25) is 4.79 Å². The fraction of sp³-hybridized carbons (Fsp3) is 0.412. The van der Waals surface area contributed by atoms with Crippen LogP contribution in [0.2, 0.25) is 0 Å². The van der Waals surface area contributed by atoms with E-state index in [4.69, 9.17) is 5.26 Å². The van der Waals surface area contributed by atoms with Crippen LogP contribution in [0.5, 0.6) is 0 Å². The van der Waals surface area contributed by atoms with Crippen LogP contribution < -0.4 is 10.6 Å². The second-order valence-electron chi connectivity index (χ2n) is 6.24. The van der Waals surface area contributed by atoms with Crippen LogP contribution in [0.15, 0.2) is 36.0 Å². The molecular weight excluding hydrogens is 262 g/mol. The van der Waals surface area contributed by atoms with E-state index in [0.29, 0.717) is 0 Å². The van der Waals surface area contributed by atoms with Crippen molar-refractivity contribution in [3.05, 3.63) is 41.6 Å². The summed E-state index contributed by atoms with van der Waals surface area (Å²) in [5.74, 6) is -0.367. The number of para-hydroxylation sites is 1. The van der Waals surface area contributed by atoms with E-state index in [2.05, 4.69) is 31.4 Å². The van der Waals surface area contributed by atoms with Crippen molar-refractivity contribution >= 4 is 11.6 Å². The molecule has 1 aromatic carbocycles. The summed E-state index contributed by atoms with van der Waals surface area (Å²) in [6, 6.07) is 9.79. The molecule has 4 heteroatoms. The van der Waals surface area contributed by atoms with Gasteiger partial charge in [0.25, 0.3) is 5.91 Å². The number of anilines is 1. The van der Waals surface area contributed by atoms with E-state index in [1.807, 2.05) is 44.2 Å². The van der Waals surface area contributed by atoms with E-state index in [0.717, 1.165) is 11.3 Å². The Kier molecular flexibility index (Phi) is 5.54. The fourth-order valence-electron chi connectivity index (χ4n) is 1.90. The first kappa shape index (κ1) is 16.8. The molecule has 0 radical (unpaired) electrons. The zero-order valence-corrected chi connectivity index (χ0v) is 13.3. The van der Waals surface area contributed by atoms with Gasteiger partial charge in [-0.2, -0.15) is 5.26 Å². The summed E-state index contributed by atoms with van der Waals surface area (Å²) >= 11 is 0. The number of nitrogens with zero attached hydrogens (tertiary/aromatic N) is 1. The van der Waals surface area contributed by atoms with Crippen molar-refractivity contribution in [2.45, 2.75) is 46.1 Å². The number of benzene rings is 1. The van der Waals surface area contributed by atoms with Gasteiger partial charge in [-0.05, 0) is 30.9 Å². The van der Waals surface area contributed by atoms with Crippen molar-refractivity contribution < 1.29 is 4.79 Å². The number of carbonyl (C=O) groups excluding carboxylic acids is 1. The molecule has 2 N–H and O–H groups in total. The molecule has 0 unspecified atom stereocenters. The Morgan fingerprint density at radius 1 is 1.29 bits per heavy atom. The third-order valence-corrected chi connectivity index (χ3v) is 2.89. The highest BCUT2D eigenvalue weighted by atomic mass is 16.1. The molecule has 0 aliphatic heterocycles. The van der Waals surface area contributed by atoms with Crippen molar-refractivity contribution in [2.24, 2.45) is 0 Å². The number of hydrogen-bond acceptors (Lipinski definition) is 3. The number of hydrogen-bond donors (Lipinski definition) is 2. The van der Waals surface area contributed by atoms with Crippen molar-refractivity contribution in [3.63, 3.8) is 0 Å². The molecule has 0 aliphatic rings. The summed E-state index contributed by atoms with van der Waals surface area (Å²) in [6.07, 6.45) is 1.46. The summed E-state index contributed by atoms with van der Waals surface area (Å²) in [5.41, 5.74) is 2.06. The van der Waals surface area contributed by atoms with Crippen LogP contribution in [0.3, 0.4) is 0 Å². The first-order chi connectivity index (χ1) is 9.75. The van der Waals surface area contributed by atoms with Crippen LogP contribution in [0.25, 0.3) is 0 Å². The van der Waals surface area contributed by atoms with Crippen LogP contribution in [-0.4, -0.2) is 11.9 Å². The quantitative estimate of drug-likeness (QED) is 0.659. The van der Waals surface area contributed by atoms with Crippen LogP contribution >= 0.6 is 0 Å². The molecular formula is C17H23N3O. The van der Waals surface area contributed by atoms with Gasteiger partial charge >= 0.3 is 0 Å². The second-order valence-corrected chi connectivity index (χ2v) is 6.24. The van der Waals surface area contributed by atoms with Crippen molar-refractivity contribution in [2.75, 3.05) is 5.32 Å². The van der Waals surface area contributed by atoms with E-state index in [1.54, 1.807) is 0 Å². The SMILES string of the molecule is CC(C)NC(=O)/C(C#N)=C\Nc1ccccc1C(C)(C)C. The number of rotatable bonds is 4. The minimum atomic E-state index is -0.367. The van der Waals surface area contributed by atoms with Gasteiger partial charge in [-0.25, -0.2) is 0 Å². The highest BCUT2D eigenvalue weighted by Gasteiger charge is 2.17. The van der Waals surface area contributed by atoms with Gasteiger partial charge in [0, 0.05) is 17.9 Å². The molecule has 4 nitrogen and oxygen atoms in total. The molecule has 112 valence electrons. The monoisotopic (exact) mass is 285 g/mol. The molecule has 0 fully saturated rings. The summed E-state index contributed by atoms with van der Waals surface area (Å²) < 4.78 is 0. The lowest BCUT2D eigenvalue weighted by atomic mass is 9.86. The smallest absolute Gasteiger partial charge is 0.263 e. The fourth-order valence-corrected chi connectivity index (χ4v) is 1.90. The molecule has 0 saturated carbocycles. The van der Waals surface area contributed by atoms with Gasteiger partial charge in [-0.1, -0.05) is 39.0 Å². The number of nitriles is 1. The first-order valence-corrected chi connectivity index (χ1v) is 7.03. The Hall–Kier alpha value is -2.28. The largest absolute Gasteiger partial charge is 0.360 e. The van der Waals surface area contributed by atoms with Gasteiger partial charge < -0.3 is 10.6 Å². The molecule has 1 aromatic rings. The summed E-state index contributed by atoms with van der Waals surface area (Å²) in [7, 11) is 0. The third-order valence-electron chi connectivity index (χ3n) is 2.89. The Morgan fingerprint density at radius 2 is 1.90 bits per heavy atom. The topological polar surface area (TPSA) is 64.9 Å². The van der Waals surface area contributed by atoms with Crippen LogP contribution in [0.1, 0.15) is 40.2 Å². The van der Waals surface area contributed by atoms with Gasteiger partial charge in [0.05, 0.1) is 0 Å². The lowest BCUT2D eigenvalue weighted by Crippen LogP contribution is -2.31. The standard InChI is InChI=1S/C17H23N3O/c1-12(2)20-16(21)13(10-18)11-19-15-9-7-6-8-14(15)17(3,4)5/h6-9,11-12,19H,1-5H3,(H,20,21)/b13-11-. The molecule has 21 heavy (non-hydrogen) atoms. The van der Waals surface area contributed by atoms with Crippen LogP contribution in [0, 0.1) is 11.3 Å². The predicted molar refractivity (Wildman–Crippen MR) is 85.7 cm³/mol. The highest BCUT2D eigenvalue weighted by molar-refractivity contribution is 5.97. The molecule has 0 saturated heterocycles. The molecule has 0 aliphatic carbocycles. The maximum atomic E-state index is 11.8. The average molecular weight is 285 g/mol. The molecule has 0 heterocycles. The van der Waals surface area contributed by atoms with Gasteiger partial charge in [0.2, 0.25) is 0 Å². The summed E-state index contributed by atoms with van der Waals surface area (Å²) in [4.78, 5) is 11.8. The Labute approximate surface area is 126 Å². The highest BCUT2D eigenvalue weighted by Crippen LogP contribution is 2.29. The van der Waals surface area contributed by atoms with Gasteiger partial charge in [0.1, 0.15) is 11.6 Å². The first-order valence-electron chi connectivity index (χ1n) is 7.03. The van der Waals surface area contributed by atoms with E-state index in [-0.39, 0.29) is 22.9 Å². The Morgan fingerprint density at radius 3 is 2.43 bits per heavy atom. The maximum Gasteiger partial charge on any atom is 0.263 e. The number of amides is 1. The lowest BCUT2D eigenvalue weighted by Gasteiger charge is -2.22. The minimum Gasteiger partial charge on any atom is -0.360 e. The van der Waals surface area contributed by atoms with Crippen molar-refractivity contribution in [1.29, 1.82) is 5.26 Å². The summed E-state index contributed by atoms with van der Waals surface area (Å²) in [6.45, 7) is 10.1. The molecule has 1 amide bonds. The summed E-state index contributed by atoms with van der Waals surface area (Å²) in [5, 5.41) is 14.9. The number of carbonyl (C=O) groups is 1. The van der Waals surface area contributed by atoms with Crippen molar-refractivity contribution in [1.82, 2.24) is 5.32 Å². The lowest BCUT2D eigenvalue weighted by molar-refractivity contribution is -0.117. The van der Waals surface area contributed by atoms with Crippen molar-refractivity contribution in [3.8, 4) is 6.07 Å².